The van der Waals surface area contributed by atoms with Crippen LogP contribution in [0.1, 0.15) is 18.4 Å². The maximum Gasteiger partial charge on any atom is 0.0534 e. The summed E-state index contributed by atoms with van der Waals surface area (Å²) in [5.74, 6) is 0. The van der Waals surface area contributed by atoms with Crippen molar-refractivity contribution in [3.05, 3.63) is 18.0 Å². The first-order valence-corrected chi connectivity index (χ1v) is 5.69. The maximum atomic E-state index is 4.10. The third kappa shape index (κ3) is 4.43. The van der Waals surface area contributed by atoms with Crippen LogP contribution >= 0.6 is 15.9 Å². The SMILES string of the molecule is Cn1cc(CNCCCCBr)cn1. The van der Waals surface area contributed by atoms with Crippen LogP contribution in [0.15, 0.2) is 12.4 Å². The van der Waals surface area contributed by atoms with Gasteiger partial charge in [-0.1, -0.05) is 15.9 Å². The third-order valence-electron chi connectivity index (χ3n) is 1.82. The first-order chi connectivity index (χ1) is 6.33. The molecule has 0 aromatic carbocycles. The average Bonchev–Trinajstić information content (AvgIpc) is 2.51. The fraction of sp³-hybridized carbons (Fsp3) is 0.667. The van der Waals surface area contributed by atoms with Gasteiger partial charge in [0.05, 0.1) is 6.20 Å². The molecule has 1 rings (SSSR count). The molecule has 0 fully saturated rings. The highest BCUT2D eigenvalue weighted by Crippen LogP contribution is 1.96. The molecule has 0 spiro atoms. The summed E-state index contributed by atoms with van der Waals surface area (Å²) in [6.45, 7) is 2.01. The number of rotatable bonds is 6. The Morgan fingerprint density at radius 3 is 3.00 bits per heavy atom. The molecule has 0 aliphatic heterocycles. The summed E-state index contributed by atoms with van der Waals surface area (Å²) >= 11 is 3.41. The molecule has 0 aliphatic carbocycles. The third-order valence-corrected chi connectivity index (χ3v) is 2.39. The van der Waals surface area contributed by atoms with E-state index in [0.717, 1.165) is 18.4 Å². The Hall–Kier alpha value is -0.350. The number of aryl methyl sites for hydroxylation is 1. The average molecular weight is 246 g/mol. The topological polar surface area (TPSA) is 29.9 Å². The lowest BCUT2D eigenvalue weighted by atomic mass is 10.3. The second-order valence-corrected chi connectivity index (χ2v) is 3.89. The second kappa shape index (κ2) is 6.16. The summed E-state index contributed by atoms with van der Waals surface area (Å²) in [6.07, 6.45) is 6.40. The zero-order valence-electron chi connectivity index (χ0n) is 7.96. The van der Waals surface area contributed by atoms with Crippen LogP contribution in [0.4, 0.5) is 0 Å². The monoisotopic (exact) mass is 245 g/mol. The fourth-order valence-electron chi connectivity index (χ4n) is 1.14. The largest absolute Gasteiger partial charge is 0.313 e. The summed E-state index contributed by atoms with van der Waals surface area (Å²) in [7, 11) is 1.94. The minimum Gasteiger partial charge on any atom is -0.313 e. The molecule has 1 N–H and O–H groups in total. The molecule has 0 amide bonds. The van der Waals surface area contributed by atoms with Gasteiger partial charge in [-0.15, -0.1) is 0 Å². The normalized spacial score (nSPS) is 10.6. The number of hydrogen-bond acceptors (Lipinski definition) is 2. The Morgan fingerprint density at radius 1 is 1.54 bits per heavy atom. The summed E-state index contributed by atoms with van der Waals surface area (Å²) in [5.41, 5.74) is 1.25. The second-order valence-electron chi connectivity index (χ2n) is 3.10. The van der Waals surface area contributed by atoms with Crippen LogP contribution in [0.5, 0.6) is 0 Å². The molecular formula is C9H16BrN3. The molecule has 0 aliphatic rings. The van der Waals surface area contributed by atoms with Crippen LogP contribution in [-0.2, 0) is 13.6 Å². The van der Waals surface area contributed by atoms with Gasteiger partial charge in [0.25, 0.3) is 0 Å². The summed E-state index contributed by atoms with van der Waals surface area (Å²) in [6, 6.07) is 0. The molecule has 4 heteroatoms. The first kappa shape index (κ1) is 10.7. The first-order valence-electron chi connectivity index (χ1n) is 4.57. The maximum absolute atomic E-state index is 4.10. The van der Waals surface area contributed by atoms with Crippen molar-refractivity contribution in [3.8, 4) is 0 Å². The Bertz CT molecular complexity index is 235. The molecule has 3 nitrogen and oxygen atoms in total. The zero-order chi connectivity index (χ0) is 9.52. The molecule has 0 saturated heterocycles. The number of unbranched alkanes of at least 4 members (excludes halogenated alkanes) is 1. The van der Waals surface area contributed by atoms with E-state index in [-0.39, 0.29) is 0 Å². The summed E-state index contributed by atoms with van der Waals surface area (Å²) < 4.78 is 1.83. The summed E-state index contributed by atoms with van der Waals surface area (Å²) in [4.78, 5) is 0. The van der Waals surface area contributed by atoms with Gasteiger partial charge in [0, 0.05) is 30.7 Å². The number of aromatic nitrogens is 2. The number of nitrogens with one attached hydrogen (secondary N) is 1. The van der Waals surface area contributed by atoms with Crippen molar-refractivity contribution in [1.29, 1.82) is 0 Å². The van der Waals surface area contributed by atoms with E-state index >= 15 is 0 Å². The van der Waals surface area contributed by atoms with Crippen LogP contribution in [-0.4, -0.2) is 21.7 Å². The Balaban J connectivity index is 2.06. The van der Waals surface area contributed by atoms with Crippen molar-refractivity contribution in [3.63, 3.8) is 0 Å². The van der Waals surface area contributed by atoms with Gasteiger partial charge in [0.1, 0.15) is 0 Å². The van der Waals surface area contributed by atoms with E-state index in [1.165, 1.54) is 18.4 Å². The van der Waals surface area contributed by atoms with Gasteiger partial charge in [0.15, 0.2) is 0 Å². The zero-order valence-corrected chi connectivity index (χ0v) is 9.55. The van der Waals surface area contributed by atoms with Crippen molar-refractivity contribution in [2.75, 3.05) is 11.9 Å². The van der Waals surface area contributed by atoms with Crippen LogP contribution in [0.3, 0.4) is 0 Å². The lowest BCUT2D eigenvalue weighted by Crippen LogP contribution is -2.14. The quantitative estimate of drug-likeness (QED) is 0.611. The van der Waals surface area contributed by atoms with Crippen molar-refractivity contribution >= 4 is 15.9 Å². The number of alkyl halides is 1. The van der Waals surface area contributed by atoms with E-state index in [4.69, 9.17) is 0 Å². The Labute approximate surface area is 87.6 Å². The van der Waals surface area contributed by atoms with Gasteiger partial charge in [-0.3, -0.25) is 4.68 Å². The standard InChI is InChI=1S/C9H16BrN3/c1-13-8-9(7-12-13)6-11-5-3-2-4-10/h7-8,11H,2-6H2,1H3. The minimum absolute atomic E-state index is 0.927. The summed E-state index contributed by atoms with van der Waals surface area (Å²) in [5, 5.41) is 8.58. The minimum atomic E-state index is 0.927. The molecule has 74 valence electrons. The van der Waals surface area contributed by atoms with E-state index in [1.54, 1.807) is 0 Å². The molecule has 0 atom stereocenters. The van der Waals surface area contributed by atoms with Gasteiger partial charge in [-0.2, -0.15) is 5.10 Å². The van der Waals surface area contributed by atoms with Crippen LogP contribution in [0.2, 0.25) is 0 Å². The molecule has 0 bridgehead atoms. The molecule has 1 aromatic heterocycles. The Kier molecular flexibility index (Phi) is 5.08. The van der Waals surface area contributed by atoms with E-state index < -0.39 is 0 Å². The molecule has 0 radical (unpaired) electrons. The smallest absolute Gasteiger partial charge is 0.0534 e. The molecule has 0 saturated carbocycles. The van der Waals surface area contributed by atoms with Crippen LogP contribution in [0.25, 0.3) is 0 Å². The number of hydrogen-bond donors (Lipinski definition) is 1. The van der Waals surface area contributed by atoms with E-state index in [9.17, 15) is 0 Å². The number of halogens is 1. The lowest BCUT2D eigenvalue weighted by Gasteiger charge is -2.00. The number of nitrogens with zero attached hydrogens (tertiary/aromatic N) is 2. The van der Waals surface area contributed by atoms with Crippen molar-refractivity contribution in [1.82, 2.24) is 15.1 Å². The van der Waals surface area contributed by atoms with Gasteiger partial charge < -0.3 is 5.32 Å². The molecular weight excluding hydrogens is 230 g/mol. The van der Waals surface area contributed by atoms with E-state index in [2.05, 4.69) is 26.3 Å². The van der Waals surface area contributed by atoms with E-state index in [1.807, 2.05) is 24.1 Å². The highest BCUT2D eigenvalue weighted by atomic mass is 79.9. The molecule has 1 aromatic rings. The molecule has 13 heavy (non-hydrogen) atoms. The predicted molar refractivity (Wildman–Crippen MR) is 57.9 cm³/mol. The van der Waals surface area contributed by atoms with Gasteiger partial charge in [-0.25, -0.2) is 0 Å². The fourth-order valence-corrected chi connectivity index (χ4v) is 1.54. The Morgan fingerprint density at radius 2 is 2.38 bits per heavy atom. The highest BCUT2D eigenvalue weighted by Gasteiger charge is 1.94. The van der Waals surface area contributed by atoms with Gasteiger partial charge in [0.2, 0.25) is 0 Å². The van der Waals surface area contributed by atoms with Crippen molar-refractivity contribution in [2.45, 2.75) is 19.4 Å². The van der Waals surface area contributed by atoms with Crippen molar-refractivity contribution < 1.29 is 0 Å². The lowest BCUT2D eigenvalue weighted by molar-refractivity contribution is 0.644. The van der Waals surface area contributed by atoms with Crippen LogP contribution in [0, 0.1) is 0 Å². The highest BCUT2D eigenvalue weighted by molar-refractivity contribution is 9.09. The van der Waals surface area contributed by atoms with Gasteiger partial charge >= 0.3 is 0 Å². The van der Waals surface area contributed by atoms with Crippen molar-refractivity contribution in [2.24, 2.45) is 7.05 Å². The van der Waals surface area contributed by atoms with E-state index in [0.29, 0.717) is 0 Å². The van der Waals surface area contributed by atoms with Crippen LogP contribution < -0.4 is 5.32 Å². The molecule has 1 heterocycles. The van der Waals surface area contributed by atoms with Gasteiger partial charge in [-0.05, 0) is 19.4 Å². The molecule has 0 unspecified atom stereocenters. The predicted octanol–water partition coefficient (Wildman–Crippen LogP) is 1.68.